The Balaban J connectivity index is 2.07. The molecule has 1 aliphatic rings. The summed E-state index contributed by atoms with van der Waals surface area (Å²) < 4.78 is 6.01. The SMILES string of the molecule is CC(C)(C)OC(=O)NC1CNc2c(Br)cccc2NC1=O. The fourth-order valence-electron chi connectivity index (χ4n) is 1.89. The van der Waals surface area contributed by atoms with Crippen LogP contribution in [0.25, 0.3) is 0 Å². The van der Waals surface area contributed by atoms with Gasteiger partial charge < -0.3 is 20.7 Å². The molecule has 2 rings (SSSR count). The molecular weight excluding hydrogens is 338 g/mol. The molecule has 1 aromatic rings. The molecule has 6 nitrogen and oxygen atoms in total. The normalized spacial score (nSPS) is 17.9. The highest BCUT2D eigenvalue weighted by molar-refractivity contribution is 9.10. The van der Waals surface area contributed by atoms with Crippen LogP contribution in [0.2, 0.25) is 0 Å². The van der Waals surface area contributed by atoms with Crippen molar-refractivity contribution in [2.45, 2.75) is 32.4 Å². The molecule has 1 unspecified atom stereocenters. The van der Waals surface area contributed by atoms with Gasteiger partial charge in [0.2, 0.25) is 5.91 Å². The van der Waals surface area contributed by atoms with E-state index in [-0.39, 0.29) is 12.5 Å². The molecule has 0 aliphatic carbocycles. The number of nitrogens with one attached hydrogen (secondary N) is 3. The zero-order chi connectivity index (χ0) is 15.6. The van der Waals surface area contributed by atoms with Crippen LogP contribution in [-0.4, -0.2) is 30.2 Å². The van der Waals surface area contributed by atoms with Crippen molar-refractivity contribution in [1.82, 2.24) is 5.32 Å². The number of para-hydroxylation sites is 1. The van der Waals surface area contributed by atoms with Gasteiger partial charge in [0.25, 0.3) is 0 Å². The van der Waals surface area contributed by atoms with Gasteiger partial charge in [0.15, 0.2) is 0 Å². The molecule has 3 N–H and O–H groups in total. The van der Waals surface area contributed by atoms with Crippen LogP contribution >= 0.6 is 15.9 Å². The molecule has 1 aromatic carbocycles. The molecule has 1 heterocycles. The summed E-state index contributed by atoms with van der Waals surface area (Å²) in [4.78, 5) is 23.9. The van der Waals surface area contributed by atoms with Crippen LogP contribution in [0.15, 0.2) is 22.7 Å². The van der Waals surface area contributed by atoms with Crippen molar-refractivity contribution in [2.75, 3.05) is 17.2 Å². The van der Waals surface area contributed by atoms with Crippen molar-refractivity contribution >= 4 is 39.3 Å². The van der Waals surface area contributed by atoms with Crippen molar-refractivity contribution in [3.05, 3.63) is 22.7 Å². The number of carbonyl (C=O) groups excluding carboxylic acids is 2. The molecule has 0 saturated carbocycles. The summed E-state index contributed by atoms with van der Waals surface area (Å²) in [5.41, 5.74) is 0.854. The van der Waals surface area contributed by atoms with Crippen LogP contribution in [-0.2, 0) is 9.53 Å². The van der Waals surface area contributed by atoms with Gasteiger partial charge in [-0.2, -0.15) is 0 Å². The first-order chi connectivity index (χ1) is 9.76. The van der Waals surface area contributed by atoms with Crippen LogP contribution in [0.5, 0.6) is 0 Å². The predicted octanol–water partition coefficient (Wildman–Crippen LogP) is 2.71. The third kappa shape index (κ3) is 4.10. The van der Waals surface area contributed by atoms with Crippen molar-refractivity contribution in [3.63, 3.8) is 0 Å². The van der Waals surface area contributed by atoms with E-state index in [1.165, 1.54) is 0 Å². The van der Waals surface area contributed by atoms with Gasteiger partial charge in [-0.3, -0.25) is 4.79 Å². The molecule has 0 radical (unpaired) electrons. The number of benzene rings is 1. The molecule has 114 valence electrons. The second-order valence-electron chi connectivity index (χ2n) is 5.73. The monoisotopic (exact) mass is 355 g/mol. The average Bonchev–Trinajstić information content (AvgIpc) is 2.48. The van der Waals surface area contributed by atoms with Gasteiger partial charge in [-0.15, -0.1) is 0 Å². The Hall–Kier alpha value is -1.76. The molecular formula is C14H18BrN3O3. The van der Waals surface area contributed by atoms with Crippen LogP contribution in [0.4, 0.5) is 16.2 Å². The maximum atomic E-state index is 12.2. The second-order valence-corrected chi connectivity index (χ2v) is 6.59. The van der Waals surface area contributed by atoms with Gasteiger partial charge in [-0.1, -0.05) is 6.07 Å². The van der Waals surface area contributed by atoms with E-state index in [0.717, 1.165) is 10.2 Å². The van der Waals surface area contributed by atoms with Gasteiger partial charge in [-0.05, 0) is 48.8 Å². The summed E-state index contributed by atoms with van der Waals surface area (Å²) in [6.45, 7) is 5.58. The zero-order valence-corrected chi connectivity index (χ0v) is 13.7. The molecule has 0 bridgehead atoms. The Morgan fingerprint density at radius 1 is 1.43 bits per heavy atom. The minimum Gasteiger partial charge on any atom is -0.444 e. The lowest BCUT2D eigenvalue weighted by Gasteiger charge is -2.22. The van der Waals surface area contributed by atoms with Gasteiger partial charge in [0.05, 0.1) is 11.4 Å². The van der Waals surface area contributed by atoms with Crippen molar-refractivity contribution in [2.24, 2.45) is 0 Å². The summed E-state index contributed by atoms with van der Waals surface area (Å²) in [6, 6.07) is 4.78. The van der Waals surface area contributed by atoms with E-state index in [4.69, 9.17) is 4.74 Å². The first-order valence-corrected chi connectivity index (χ1v) is 7.38. The lowest BCUT2D eigenvalue weighted by molar-refractivity contribution is -0.117. The smallest absolute Gasteiger partial charge is 0.408 e. The topological polar surface area (TPSA) is 79.5 Å². The first-order valence-electron chi connectivity index (χ1n) is 6.59. The van der Waals surface area contributed by atoms with E-state index in [0.29, 0.717) is 5.69 Å². The fraction of sp³-hybridized carbons (Fsp3) is 0.429. The van der Waals surface area contributed by atoms with Crippen molar-refractivity contribution in [3.8, 4) is 0 Å². The van der Waals surface area contributed by atoms with Crippen LogP contribution in [0, 0.1) is 0 Å². The number of fused-ring (bicyclic) bond motifs is 1. The van der Waals surface area contributed by atoms with Crippen molar-refractivity contribution in [1.29, 1.82) is 0 Å². The minimum atomic E-state index is -0.709. The van der Waals surface area contributed by atoms with E-state index in [1.807, 2.05) is 12.1 Å². The number of anilines is 2. The highest BCUT2D eigenvalue weighted by atomic mass is 79.9. The predicted molar refractivity (Wildman–Crippen MR) is 84.4 cm³/mol. The third-order valence-corrected chi connectivity index (χ3v) is 3.42. The molecule has 0 saturated heterocycles. The van der Waals surface area contributed by atoms with Crippen LogP contribution in [0.3, 0.4) is 0 Å². The van der Waals surface area contributed by atoms with Crippen LogP contribution in [0.1, 0.15) is 20.8 Å². The zero-order valence-electron chi connectivity index (χ0n) is 12.1. The molecule has 7 heteroatoms. The summed E-state index contributed by atoms with van der Waals surface area (Å²) >= 11 is 3.42. The molecule has 0 aromatic heterocycles. The second kappa shape index (κ2) is 5.93. The van der Waals surface area contributed by atoms with E-state index in [1.54, 1.807) is 26.8 Å². The number of ether oxygens (including phenoxy) is 1. The molecule has 1 aliphatic heterocycles. The highest BCUT2D eigenvalue weighted by Crippen LogP contribution is 2.31. The first kappa shape index (κ1) is 15.6. The van der Waals surface area contributed by atoms with Gasteiger partial charge in [0.1, 0.15) is 11.6 Å². The lowest BCUT2D eigenvalue weighted by Crippen LogP contribution is -2.48. The summed E-state index contributed by atoms with van der Waals surface area (Å²) in [5.74, 6) is -0.287. The summed E-state index contributed by atoms with van der Waals surface area (Å²) in [7, 11) is 0. The molecule has 1 atom stereocenters. The summed E-state index contributed by atoms with van der Waals surface area (Å²) in [5, 5.41) is 8.49. The van der Waals surface area contributed by atoms with E-state index >= 15 is 0 Å². The quantitative estimate of drug-likeness (QED) is 0.723. The van der Waals surface area contributed by atoms with Crippen LogP contribution < -0.4 is 16.0 Å². The molecule has 0 spiro atoms. The van der Waals surface area contributed by atoms with Gasteiger partial charge in [0, 0.05) is 11.0 Å². The minimum absolute atomic E-state index is 0.278. The van der Waals surface area contributed by atoms with Crippen molar-refractivity contribution < 1.29 is 14.3 Å². The number of alkyl carbamates (subject to hydrolysis) is 1. The Labute approximate surface area is 131 Å². The molecule has 0 fully saturated rings. The number of amides is 2. The molecule has 2 amide bonds. The average molecular weight is 356 g/mol. The van der Waals surface area contributed by atoms with E-state index < -0.39 is 17.7 Å². The fourth-order valence-corrected chi connectivity index (χ4v) is 2.40. The van der Waals surface area contributed by atoms with E-state index in [2.05, 4.69) is 31.9 Å². The number of carbonyl (C=O) groups is 2. The Kier molecular flexibility index (Phi) is 4.41. The number of rotatable bonds is 1. The largest absolute Gasteiger partial charge is 0.444 e. The number of halogens is 1. The standard InChI is InChI=1S/C14H18BrN3O3/c1-14(2,3)21-13(20)18-10-7-16-11-8(15)5-4-6-9(11)17-12(10)19/h4-6,10,16H,7H2,1-3H3,(H,17,19)(H,18,20). The maximum Gasteiger partial charge on any atom is 0.408 e. The Morgan fingerprint density at radius 3 is 2.81 bits per heavy atom. The summed E-state index contributed by atoms with van der Waals surface area (Å²) in [6.07, 6.45) is -0.616. The van der Waals surface area contributed by atoms with E-state index in [9.17, 15) is 9.59 Å². The number of hydrogen-bond donors (Lipinski definition) is 3. The maximum absolute atomic E-state index is 12.2. The third-order valence-electron chi connectivity index (χ3n) is 2.76. The molecule has 21 heavy (non-hydrogen) atoms. The Morgan fingerprint density at radius 2 is 2.14 bits per heavy atom. The Bertz CT molecular complexity index is 569. The lowest BCUT2D eigenvalue weighted by atomic mass is 10.2. The van der Waals surface area contributed by atoms with Gasteiger partial charge >= 0.3 is 6.09 Å². The van der Waals surface area contributed by atoms with Gasteiger partial charge in [-0.25, -0.2) is 4.79 Å². The number of hydrogen-bond acceptors (Lipinski definition) is 4. The highest BCUT2D eigenvalue weighted by Gasteiger charge is 2.27.